The Morgan fingerprint density at radius 1 is 1.20 bits per heavy atom. The number of carbonyl (C=O) groups excluding carboxylic acids is 1. The van der Waals surface area contributed by atoms with Crippen LogP contribution in [-0.4, -0.2) is 11.6 Å². The van der Waals surface area contributed by atoms with Gasteiger partial charge in [-0.3, -0.25) is 0 Å². The van der Waals surface area contributed by atoms with E-state index in [1.165, 1.54) is 22.3 Å². The molecule has 0 saturated carbocycles. The Labute approximate surface area is 91.8 Å². The van der Waals surface area contributed by atoms with Gasteiger partial charge in [0.25, 0.3) is 0 Å². The van der Waals surface area contributed by atoms with Crippen molar-refractivity contribution in [2.45, 2.75) is 47.1 Å². The zero-order chi connectivity index (χ0) is 11.8. The van der Waals surface area contributed by atoms with Crippen molar-refractivity contribution in [1.82, 2.24) is 0 Å². The van der Waals surface area contributed by atoms with E-state index in [9.17, 15) is 4.79 Å². The number of hydrogen-bond donors (Lipinski definition) is 0. The molecule has 2 unspecified atom stereocenters. The highest BCUT2D eigenvalue weighted by molar-refractivity contribution is 5.49. The van der Waals surface area contributed by atoms with Gasteiger partial charge >= 0.3 is 0 Å². The summed E-state index contributed by atoms with van der Waals surface area (Å²) in [6.07, 6.45) is 1.71. The Balaban J connectivity index is 3.45. The first-order chi connectivity index (χ1) is 6.86. The molecule has 2 nitrogen and oxygen atoms in total. The van der Waals surface area contributed by atoms with Gasteiger partial charge in [0, 0.05) is 5.92 Å². The van der Waals surface area contributed by atoms with Gasteiger partial charge in [0.05, 0.1) is 5.54 Å². The number of hydrogen-bond acceptors (Lipinski definition) is 2. The smallest absolute Gasteiger partial charge is 0.211 e. The summed E-state index contributed by atoms with van der Waals surface area (Å²) in [5.74, 6) is 0.266. The van der Waals surface area contributed by atoms with Crippen molar-refractivity contribution in [1.29, 1.82) is 0 Å². The fraction of sp³-hybridized carbons (Fsp3) is 0.615. The normalized spacial score (nSPS) is 31.7. The van der Waals surface area contributed by atoms with Gasteiger partial charge < -0.3 is 0 Å². The summed E-state index contributed by atoms with van der Waals surface area (Å²) < 4.78 is 0. The highest BCUT2D eigenvalue weighted by atomic mass is 16.1. The fourth-order valence-electron chi connectivity index (χ4n) is 2.30. The van der Waals surface area contributed by atoms with Crippen molar-refractivity contribution >= 4 is 6.08 Å². The summed E-state index contributed by atoms with van der Waals surface area (Å²) in [7, 11) is 0. The number of allylic oxidation sites excluding steroid dienone is 2. The molecule has 15 heavy (non-hydrogen) atoms. The van der Waals surface area contributed by atoms with Crippen LogP contribution in [0.15, 0.2) is 27.3 Å². The van der Waals surface area contributed by atoms with Crippen LogP contribution in [-0.2, 0) is 4.79 Å². The second kappa shape index (κ2) is 3.79. The zero-order valence-electron chi connectivity index (χ0n) is 10.4. The molecule has 0 spiro atoms. The first-order valence-corrected chi connectivity index (χ1v) is 5.31. The molecule has 0 N–H and O–H groups in total. The van der Waals surface area contributed by atoms with E-state index in [1.807, 2.05) is 6.92 Å². The number of rotatable bonds is 1. The molecular weight excluding hydrogens is 186 g/mol. The van der Waals surface area contributed by atoms with Crippen molar-refractivity contribution in [3.05, 3.63) is 22.3 Å². The number of nitrogens with zero attached hydrogens (tertiary/aromatic N) is 1. The Hall–Kier alpha value is -1.14. The molecule has 0 bridgehead atoms. The third-order valence-electron chi connectivity index (χ3n) is 4.25. The standard InChI is InChI=1S/C13H19NO/c1-8-9(2)11(4)13(6,14-7-15)12(5)10(8)3/h11H,1-6H3. The SMILES string of the molecule is CC1=C(C)C(C)C(C)(N=C=O)C(C)=C1C. The lowest BCUT2D eigenvalue weighted by Crippen LogP contribution is -2.36. The average Bonchev–Trinajstić information content (AvgIpc) is 2.22. The molecule has 0 aromatic heterocycles. The van der Waals surface area contributed by atoms with Crippen molar-refractivity contribution in [2.75, 3.05) is 0 Å². The van der Waals surface area contributed by atoms with Crippen LogP contribution < -0.4 is 0 Å². The zero-order valence-corrected chi connectivity index (χ0v) is 10.4. The van der Waals surface area contributed by atoms with Gasteiger partial charge in [0.2, 0.25) is 6.08 Å². The second-order valence-electron chi connectivity index (χ2n) is 4.63. The maximum absolute atomic E-state index is 10.5. The topological polar surface area (TPSA) is 29.4 Å². The minimum absolute atomic E-state index is 0.266. The van der Waals surface area contributed by atoms with E-state index in [0.717, 1.165) is 0 Å². The van der Waals surface area contributed by atoms with Crippen LogP contribution in [0.25, 0.3) is 0 Å². The Bertz CT molecular complexity index is 397. The summed E-state index contributed by atoms with van der Waals surface area (Å²) in [6.45, 7) is 12.5. The van der Waals surface area contributed by atoms with Gasteiger partial charge in [-0.2, -0.15) is 4.99 Å². The van der Waals surface area contributed by atoms with Gasteiger partial charge in [0.15, 0.2) is 0 Å². The first kappa shape index (κ1) is 11.9. The predicted octanol–water partition coefficient (Wildman–Crippen LogP) is 3.40. The molecule has 2 atom stereocenters. The largest absolute Gasteiger partial charge is 0.235 e. The van der Waals surface area contributed by atoms with E-state index >= 15 is 0 Å². The third-order valence-corrected chi connectivity index (χ3v) is 4.25. The van der Waals surface area contributed by atoms with E-state index in [2.05, 4.69) is 39.6 Å². The molecule has 0 aromatic rings. The van der Waals surface area contributed by atoms with Crippen LogP contribution in [0.3, 0.4) is 0 Å². The van der Waals surface area contributed by atoms with Crippen LogP contribution in [0.2, 0.25) is 0 Å². The Morgan fingerprint density at radius 2 is 1.73 bits per heavy atom. The van der Waals surface area contributed by atoms with Gasteiger partial charge in [-0.15, -0.1) is 0 Å². The van der Waals surface area contributed by atoms with Crippen LogP contribution in [0, 0.1) is 5.92 Å². The molecule has 0 fully saturated rings. The second-order valence-corrected chi connectivity index (χ2v) is 4.63. The first-order valence-electron chi connectivity index (χ1n) is 5.31. The predicted molar refractivity (Wildman–Crippen MR) is 62.4 cm³/mol. The maximum Gasteiger partial charge on any atom is 0.235 e. The molecular formula is C13H19NO. The highest BCUT2D eigenvalue weighted by Gasteiger charge is 2.38. The highest BCUT2D eigenvalue weighted by Crippen LogP contribution is 2.42. The quantitative estimate of drug-likeness (QED) is 0.476. The third kappa shape index (κ3) is 1.59. The lowest BCUT2D eigenvalue weighted by atomic mass is 9.70. The van der Waals surface area contributed by atoms with Gasteiger partial charge in [-0.1, -0.05) is 12.5 Å². The molecule has 0 saturated heterocycles. The minimum atomic E-state index is -0.407. The van der Waals surface area contributed by atoms with E-state index in [-0.39, 0.29) is 5.92 Å². The summed E-state index contributed by atoms with van der Waals surface area (Å²) >= 11 is 0. The summed E-state index contributed by atoms with van der Waals surface area (Å²) in [6, 6.07) is 0. The van der Waals surface area contributed by atoms with Gasteiger partial charge in [-0.25, -0.2) is 4.79 Å². The maximum atomic E-state index is 10.5. The summed E-state index contributed by atoms with van der Waals surface area (Å²) in [5.41, 5.74) is 4.68. The minimum Gasteiger partial charge on any atom is -0.211 e. The van der Waals surface area contributed by atoms with Crippen molar-refractivity contribution in [3.8, 4) is 0 Å². The van der Waals surface area contributed by atoms with Gasteiger partial charge in [-0.05, 0) is 51.3 Å². The lowest BCUT2D eigenvalue weighted by molar-refractivity contribution is 0.402. The number of aliphatic imine (C=N–C) groups is 1. The Kier molecular flexibility index (Phi) is 3.01. The van der Waals surface area contributed by atoms with E-state index in [4.69, 9.17) is 0 Å². The monoisotopic (exact) mass is 205 g/mol. The molecule has 82 valence electrons. The van der Waals surface area contributed by atoms with E-state index in [0.29, 0.717) is 0 Å². The molecule has 0 aromatic carbocycles. The molecule has 1 aliphatic carbocycles. The molecule has 1 aliphatic rings. The number of isocyanates is 1. The molecule has 1 rings (SSSR count). The summed E-state index contributed by atoms with van der Waals surface area (Å²) in [4.78, 5) is 14.5. The molecule has 0 heterocycles. The fourth-order valence-corrected chi connectivity index (χ4v) is 2.30. The van der Waals surface area contributed by atoms with Crippen LogP contribution >= 0.6 is 0 Å². The van der Waals surface area contributed by atoms with E-state index in [1.54, 1.807) is 6.08 Å². The van der Waals surface area contributed by atoms with Crippen molar-refractivity contribution in [3.63, 3.8) is 0 Å². The average molecular weight is 205 g/mol. The van der Waals surface area contributed by atoms with E-state index < -0.39 is 5.54 Å². The summed E-state index contributed by atoms with van der Waals surface area (Å²) in [5, 5.41) is 0. The Morgan fingerprint density at radius 3 is 2.20 bits per heavy atom. The molecule has 0 radical (unpaired) electrons. The molecule has 0 amide bonds. The van der Waals surface area contributed by atoms with Gasteiger partial charge in [0.1, 0.15) is 0 Å². The lowest BCUT2D eigenvalue weighted by Gasteiger charge is -2.38. The van der Waals surface area contributed by atoms with Crippen LogP contribution in [0.5, 0.6) is 0 Å². The van der Waals surface area contributed by atoms with Crippen LogP contribution in [0.4, 0.5) is 0 Å². The van der Waals surface area contributed by atoms with Crippen LogP contribution in [0.1, 0.15) is 41.5 Å². The van der Waals surface area contributed by atoms with Crippen molar-refractivity contribution in [2.24, 2.45) is 10.9 Å². The van der Waals surface area contributed by atoms with Crippen molar-refractivity contribution < 1.29 is 4.79 Å². The molecule has 2 heteroatoms. The molecule has 0 aliphatic heterocycles.